The van der Waals surface area contributed by atoms with Crippen molar-refractivity contribution >= 4 is 0 Å². The van der Waals surface area contributed by atoms with Crippen LogP contribution in [0.25, 0.3) is 0 Å². The van der Waals surface area contributed by atoms with Crippen LogP contribution in [-0.4, -0.2) is 18.6 Å². The van der Waals surface area contributed by atoms with Gasteiger partial charge in [0.1, 0.15) is 5.82 Å². The van der Waals surface area contributed by atoms with Crippen molar-refractivity contribution in [3.05, 3.63) is 35.1 Å². The molecule has 0 aromatic heterocycles. The first-order valence-electron chi connectivity index (χ1n) is 6.54. The second-order valence-corrected chi connectivity index (χ2v) is 5.86. The molecular weight excluding hydrogens is 227 g/mol. The molecule has 0 spiro atoms. The van der Waals surface area contributed by atoms with Crippen molar-refractivity contribution in [1.29, 1.82) is 0 Å². The summed E-state index contributed by atoms with van der Waals surface area (Å²) < 4.78 is 13.4. The molecule has 0 fully saturated rings. The Kier molecular flexibility index (Phi) is 5.29. The van der Waals surface area contributed by atoms with E-state index in [0.29, 0.717) is 5.56 Å². The summed E-state index contributed by atoms with van der Waals surface area (Å²) >= 11 is 0. The van der Waals surface area contributed by atoms with E-state index in [2.05, 4.69) is 38.3 Å². The molecule has 0 saturated carbocycles. The lowest BCUT2D eigenvalue weighted by Crippen LogP contribution is -2.40. The van der Waals surface area contributed by atoms with E-state index in [1.165, 1.54) is 0 Å². The Morgan fingerprint density at radius 3 is 2.44 bits per heavy atom. The molecular formula is C15H25FN2. The summed E-state index contributed by atoms with van der Waals surface area (Å²) in [6.07, 6.45) is 0. The molecule has 102 valence electrons. The van der Waals surface area contributed by atoms with Crippen LogP contribution in [0.15, 0.2) is 18.2 Å². The van der Waals surface area contributed by atoms with Gasteiger partial charge >= 0.3 is 0 Å². The van der Waals surface area contributed by atoms with Gasteiger partial charge in [0.15, 0.2) is 0 Å². The maximum Gasteiger partial charge on any atom is 0.126 e. The fraction of sp³-hybridized carbons (Fsp3) is 0.600. The van der Waals surface area contributed by atoms with Crippen LogP contribution in [0.5, 0.6) is 0 Å². The fourth-order valence-electron chi connectivity index (χ4n) is 1.72. The molecule has 1 unspecified atom stereocenters. The number of aryl methyl sites for hydroxylation is 1. The van der Waals surface area contributed by atoms with Crippen LogP contribution in [0.1, 0.15) is 44.9 Å². The second kappa shape index (κ2) is 6.30. The van der Waals surface area contributed by atoms with E-state index in [0.717, 1.165) is 18.7 Å². The van der Waals surface area contributed by atoms with Crippen molar-refractivity contribution in [1.82, 2.24) is 10.6 Å². The van der Waals surface area contributed by atoms with Crippen LogP contribution in [0.2, 0.25) is 0 Å². The van der Waals surface area contributed by atoms with Crippen molar-refractivity contribution in [2.24, 2.45) is 0 Å². The highest BCUT2D eigenvalue weighted by atomic mass is 19.1. The third-order valence-electron chi connectivity index (χ3n) is 2.93. The summed E-state index contributed by atoms with van der Waals surface area (Å²) in [5, 5.41) is 6.80. The van der Waals surface area contributed by atoms with Crippen molar-refractivity contribution in [2.75, 3.05) is 13.1 Å². The van der Waals surface area contributed by atoms with E-state index in [1.54, 1.807) is 13.0 Å². The van der Waals surface area contributed by atoms with Gasteiger partial charge in [0, 0.05) is 24.7 Å². The molecule has 0 bridgehead atoms. The van der Waals surface area contributed by atoms with Crippen LogP contribution in [-0.2, 0) is 0 Å². The Bertz CT molecular complexity index is 383. The normalized spacial score (nSPS) is 13.7. The Morgan fingerprint density at radius 2 is 1.89 bits per heavy atom. The standard InChI is InChI=1S/C15H25FN2/c1-11-6-7-13(10-14(11)16)12(2)17-8-9-18-15(3,4)5/h6-7,10,12,17-18H,8-9H2,1-5H3. The molecule has 0 aliphatic rings. The first kappa shape index (κ1) is 15.1. The molecule has 2 nitrogen and oxygen atoms in total. The van der Waals surface area contributed by atoms with Gasteiger partial charge in [0.25, 0.3) is 0 Å². The third-order valence-corrected chi connectivity index (χ3v) is 2.93. The quantitative estimate of drug-likeness (QED) is 0.787. The van der Waals surface area contributed by atoms with E-state index in [9.17, 15) is 4.39 Å². The molecule has 1 aromatic carbocycles. The summed E-state index contributed by atoms with van der Waals surface area (Å²) in [5.74, 6) is -0.131. The lowest BCUT2D eigenvalue weighted by molar-refractivity contribution is 0.414. The van der Waals surface area contributed by atoms with E-state index in [-0.39, 0.29) is 17.4 Å². The fourth-order valence-corrected chi connectivity index (χ4v) is 1.72. The molecule has 0 radical (unpaired) electrons. The Labute approximate surface area is 110 Å². The monoisotopic (exact) mass is 252 g/mol. The smallest absolute Gasteiger partial charge is 0.126 e. The van der Waals surface area contributed by atoms with Crippen LogP contribution < -0.4 is 10.6 Å². The highest BCUT2D eigenvalue weighted by molar-refractivity contribution is 5.25. The number of benzene rings is 1. The minimum absolute atomic E-state index is 0.131. The van der Waals surface area contributed by atoms with Crippen molar-refractivity contribution in [2.45, 2.75) is 46.2 Å². The highest BCUT2D eigenvalue weighted by Gasteiger charge is 2.09. The molecule has 0 aliphatic carbocycles. The zero-order valence-electron chi connectivity index (χ0n) is 12.1. The zero-order chi connectivity index (χ0) is 13.8. The van der Waals surface area contributed by atoms with Gasteiger partial charge in [-0.15, -0.1) is 0 Å². The Hall–Kier alpha value is -0.930. The Morgan fingerprint density at radius 1 is 1.22 bits per heavy atom. The van der Waals surface area contributed by atoms with E-state index in [1.807, 2.05) is 12.1 Å². The Balaban J connectivity index is 2.41. The van der Waals surface area contributed by atoms with Crippen molar-refractivity contribution < 1.29 is 4.39 Å². The number of rotatable bonds is 5. The lowest BCUT2D eigenvalue weighted by Gasteiger charge is -2.22. The molecule has 1 rings (SSSR count). The molecule has 3 heteroatoms. The summed E-state index contributed by atoms with van der Waals surface area (Å²) in [7, 11) is 0. The molecule has 0 saturated heterocycles. The van der Waals surface area contributed by atoms with E-state index in [4.69, 9.17) is 0 Å². The number of hydrogen-bond donors (Lipinski definition) is 2. The minimum Gasteiger partial charge on any atom is -0.311 e. The largest absolute Gasteiger partial charge is 0.311 e. The zero-order valence-corrected chi connectivity index (χ0v) is 12.1. The SMILES string of the molecule is Cc1ccc(C(C)NCCNC(C)(C)C)cc1F. The molecule has 0 aliphatic heterocycles. The summed E-state index contributed by atoms with van der Waals surface area (Å²) in [5.41, 5.74) is 1.83. The van der Waals surface area contributed by atoms with Gasteiger partial charge in [-0.3, -0.25) is 0 Å². The van der Waals surface area contributed by atoms with Gasteiger partial charge < -0.3 is 10.6 Å². The van der Waals surface area contributed by atoms with Gasteiger partial charge in [0.05, 0.1) is 0 Å². The van der Waals surface area contributed by atoms with Crippen LogP contribution >= 0.6 is 0 Å². The maximum absolute atomic E-state index is 13.4. The summed E-state index contributed by atoms with van der Waals surface area (Å²) in [4.78, 5) is 0. The van der Waals surface area contributed by atoms with E-state index >= 15 is 0 Å². The first-order chi connectivity index (χ1) is 8.29. The highest BCUT2D eigenvalue weighted by Crippen LogP contribution is 2.15. The van der Waals surface area contributed by atoms with E-state index < -0.39 is 0 Å². The molecule has 18 heavy (non-hydrogen) atoms. The van der Waals surface area contributed by atoms with Crippen LogP contribution in [0, 0.1) is 12.7 Å². The molecule has 0 amide bonds. The summed E-state index contributed by atoms with van der Waals surface area (Å²) in [6, 6.07) is 5.59. The van der Waals surface area contributed by atoms with Gasteiger partial charge in [-0.2, -0.15) is 0 Å². The number of halogens is 1. The average Bonchev–Trinajstić information content (AvgIpc) is 2.26. The van der Waals surface area contributed by atoms with Gasteiger partial charge in [0.2, 0.25) is 0 Å². The maximum atomic E-state index is 13.4. The number of nitrogens with one attached hydrogen (secondary N) is 2. The number of hydrogen-bond acceptors (Lipinski definition) is 2. The lowest BCUT2D eigenvalue weighted by atomic mass is 10.1. The van der Waals surface area contributed by atoms with Gasteiger partial charge in [-0.05, 0) is 51.8 Å². The predicted molar refractivity (Wildman–Crippen MR) is 75.3 cm³/mol. The molecule has 1 aromatic rings. The van der Waals surface area contributed by atoms with Crippen molar-refractivity contribution in [3.63, 3.8) is 0 Å². The van der Waals surface area contributed by atoms with Crippen molar-refractivity contribution in [3.8, 4) is 0 Å². The van der Waals surface area contributed by atoms with Gasteiger partial charge in [-0.1, -0.05) is 12.1 Å². The average molecular weight is 252 g/mol. The first-order valence-corrected chi connectivity index (χ1v) is 6.54. The minimum atomic E-state index is -0.131. The van der Waals surface area contributed by atoms with Crippen LogP contribution in [0.4, 0.5) is 4.39 Å². The molecule has 0 heterocycles. The van der Waals surface area contributed by atoms with Crippen LogP contribution in [0.3, 0.4) is 0 Å². The predicted octanol–water partition coefficient (Wildman–Crippen LogP) is 3.17. The third kappa shape index (κ3) is 5.15. The molecule has 1 atom stereocenters. The summed E-state index contributed by atoms with van der Waals surface area (Å²) in [6.45, 7) is 12.0. The van der Waals surface area contributed by atoms with Gasteiger partial charge in [-0.25, -0.2) is 4.39 Å². The topological polar surface area (TPSA) is 24.1 Å². The second-order valence-electron chi connectivity index (χ2n) is 5.86. The molecule has 2 N–H and O–H groups in total.